The predicted molar refractivity (Wildman–Crippen MR) is 252 cm³/mol. The number of hydrogen-bond acceptors (Lipinski definition) is 3. The molecular weight excluding hydrogens is 741 g/mol. The van der Waals surface area contributed by atoms with Crippen LogP contribution in [0.3, 0.4) is 0 Å². The van der Waals surface area contributed by atoms with Gasteiger partial charge in [0.05, 0.1) is 22.6 Å². The molecule has 0 N–H and O–H groups in total. The first-order valence-electron chi connectivity index (χ1n) is 20.6. The molecule has 0 fully saturated rings. The lowest BCUT2D eigenvalue weighted by atomic mass is 9.92. The van der Waals surface area contributed by atoms with Crippen LogP contribution in [-0.2, 0) is 0 Å². The molecule has 0 aliphatic rings. The number of benzene rings is 8. The van der Waals surface area contributed by atoms with Gasteiger partial charge in [0.2, 0.25) is 0 Å². The van der Waals surface area contributed by atoms with Gasteiger partial charge in [0.15, 0.2) is 5.82 Å². The molecule has 0 atom stereocenters. The third-order valence-electron chi connectivity index (χ3n) is 11.5. The van der Waals surface area contributed by atoms with Gasteiger partial charge < -0.3 is 0 Å². The minimum absolute atomic E-state index is 0.689. The lowest BCUT2D eigenvalue weighted by molar-refractivity contribution is 0.979. The topological polar surface area (TPSA) is 43.1 Å². The van der Waals surface area contributed by atoms with Crippen molar-refractivity contribution >= 4 is 16.3 Å². The maximum atomic E-state index is 5.43. The average molecular weight is 779 g/mol. The highest BCUT2D eigenvalue weighted by atomic mass is 15.2. The number of hydrogen-bond donors (Lipinski definition) is 0. The monoisotopic (exact) mass is 778 g/mol. The predicted octanol–water partition coefficient (Wildman–Crippen LogP) is 14.6. The summed E-state index contributed by atoms with van der Waals surface area (Å²) >= 11 is 0. The molecule has 0 aliphatic carbocycles. The molecule has 3 heterocycles. The van der Waals surface area contributed by atoms with Crippen molar-refractivity contribution in [3.63, 3.8) is 0 Å². The summed E-state index contributed by atoms with van der Waals surface area (Å²) in [7, 11) is 0. The van der Waals surface area contributed by atoms with E-state index in [1.165, 1.54) is 11.1 Å². The Morgan fingerprint density at radius 2 is 0.803 bits per heavy atom. The Bertz CT molecular complexity index is 3310. The summed E-state index contributed by atoms with van der Waals surface area (Å²) < 4.78 is 2.16. The molecule has 0 radical (unpaired) electrons. The van der Waals surface area contributed by atoms with E-state index in [-0.39, 0.29) is 0 Å². The second kappa shape index (κ2) is 15.5. The van der Waals surface area contributed by atoms with Gasteiger partial charge in [-0.2, -0.15) is 5.10 Å². The van der Waals surface area contributed by atoms with Crippen molar-refractivity contribution in [3.05, 3.63) is 231 Å². The number of fused-ring (bicyclic) bond motifs is 3. The van der Waals surface area contributed by atoms with Crippen LogP contribution in [0, 0.1) is 0 Å². The highest BCUT2D eigenvalue weighted by Gasteiger charge is 2.23. The molecule has 0 amide bonds. The summed E-state index contributed by atoms with van der Waals surface area (Å²) in [5, 5.41) is 7.71. The SMILES string of the molecule is c1ccc(-c2ccc(-c3cc(-c4cccc(-c5cccc6c5cc(-c5ccccc5)n5nc(-c7ccccc7)c(-c7ccccc7)c65)c4)nc(-c4ccccc4)n3)cc2)cc1. The average Bonchev–Trinajstić information content (AvgIpc) is 3.76. The van der Waals surface area contributed by atoms with Gasteiger partial charge in [0.1, 0.15) is 5.69 Å². The first-order chi connectivity index (χ1) is 30.2. The minimum atomic E-state index is 0.689. The van der Waals surface area contributed by atoms with Crippen molar-refractivity contribution < 1.29 is 0 Å². The second-order valence-corrected chi connectivity index (χ2v) is 15.2. The smallest absolute Gasteiger partial charge is 0.160 e. The van der Waals surface area contributed by atoms with E-state index in [0.717, 1.165) is 89.1 Å². The lowest BCUT2D eigenvalue weighted by Gasteiger charge is -2.15. The van der Waals surface area contributed by atoms with Crippen LogP contribution < -0.4 is 0 Å². The Hall–Kier alpha value is -8.21. The highest BCUT2D eigenvalue weighted by molar-refractivity contribution is 6.12. The molecule has 61 heavy (non-hydrogen) atoms. The summed E-state index contributed by atoms with van der Waals surface area (Å²) in [6.07, 6.45) is 0. The van der Waals surface area contributed by atoms with E-state index in [9.17, 15) is 0 Å². The quantitative estimate of drug-likeness (QED) is 0.154. The summed E-state index contributed by atoms with van der Waals surface area (Å²) in [5.41, 5.74) is 16.8. The Morgan fingerprint density at radius 1 is 0.311 bits per heavy atom. The molecule has 0 saturated heterocycles. The largest absolute Gasteiger partial charge is 0.231 e. The first kappa shape index (κ1) is 35.9. The lowest BCUT2D eigenvalue weighted by Crippen LogP contribution is -1.97. The van der Waals surface area contributed by atoms with Crippen molar-refractivity contribution in [2.24, 2.45) is 0 Å². The van der Waals surface area contributed by atoms with Crippen LogP contribution in [0.15, 0.2) is 231 Å². The van der Waals surface area contributed by atoms with Crippen molar-refractivity contribution in [1.82, 2.24) is 19.6 Å². The van der Waals surface area contributed by atoms with E-state index in [1.807, 2.05) is 24.3 Å². The van der Waals surface area contributed by atoms with Crippen LogP contribution in [0.2, 0.25) is 0 Å². The van der Waals surface area contributed by atoms with E-state index < -0.39 is 0 Å². The molecule has 0 saturated carbocycles. The Kier molecular flexibility index (Phi) is 9.14. The fourth-order valence-corrected chi connectivity index (χ4v) is 8.48. The van der Waals surface area contributed by atoms with E-state index >= 15 is 0 Å². The fourth-order valence-electron chi connectivity index (χ4n) is 8.48. The number of nitrogens with zero attached hydrogens (tertiary/aromatic N) is 4. The molecule has 11 rings (SSSR count). The molecule has 4 heteroatoms. The van der Waals surface area contributed by atoms with E-state index in [2.05, 4.69) is 211 Å². The fraction of sp³-hybridized carbons (Fsp3) is 0. The van der Waals surface area contributed by atoms with Gasteiger partial charge in [0.25, 0.3) is 0 Å². The molecule has 286 valence electrons. The molecule has 11 aromatic rings. The van der Waals surface area contributed by atoms with Gasteiger partial charge in [-0.25, -0.2) is 14.5 Å². The van der Waals surface area contributed by atoms with Crippen LogP contribution >= 0.6 is 0 Å². The molecule has 0 spiro atoms. The van der Waals surface area contributed by atoms with Crippen LogP contribution in [0.5, 0.6) is 0 Å². The number of rotatable bonds is 8. The van der Waals surface area contributed by atoms with E-state index in [1.54, 1.807) is 0 Å². The van der Waals surface area contributed by atoms with Gasteiger partial charge in [-0.05, 0) is 51.4 Å². The molecule has 0 bridgehead atoms. The second-order valence-electron chi connectivity index (χ2n) is 15.2. The Labute approximate surface area is 354 Å². The Balaban J connectivity index is 1.11. The third-order valence-corrected chi connectivity index (χ3v) is 11.5. The maximum Gasteiger partial charge on any atom is 0.160 e. The van der Waals surface area contributed by atoms with E-state index in [4.69, 9.17) is 15.1 Å². The zero-order valence-electron chi connectivity index (χ0n) is 33.2. The standard InChI is InChI=1S/C57H38N4/c1-6-18-39(19-7-1)40-32-34-41(35-33-40)51-38-52(59-57(58-51)45-26-14-5-15-27-45)47-29-16-28-46(36-47)48-30-17-31-49-50(48)37-53(42-20-8-2-9-21-42)61-56(49)54(43-22-10-3-11-23-43)55(60-61)44-24-12-4-13-25-44/h1-38H. The zero-order chi connectivity index (χ0) is 40.5. The highest BCUT2D eigenvalue weighted by Crippen LogP contribution is 2.43. The molecule has 4 nitrogen and oxygen atoms in total. The van der Waals surface area contributed by atoms with Crippen LogP contribution in [-0.4, -0.2) is 19.6 Å². The van der Waals surface area contributed by atoms with Gasteiger partial charge in [-0.3, -0.25) is 0 Å². The van der Waals surface area contributed by atoms with Crippen molar-refractivity contribution in [1.29, 1.82) is 0 Å². The first-order valence-corrected chi connectivity index (χ1v) is 20.6. The number of pyridine rings is 1. The number of aromatic nitrogens is 4. The third kappa shape index (κ3) is 6.76. The van der Waals surface area contributed by atoms with Gasteiger partial charge in [0, 0.05) is 38.8 Å². The van der Waals surface area contributed by atoms with Gasteiger partial charge in [-0.15, -0.1) is 0 Å². The normalized spacial score (nSPS) is 11.3. The van der Waals surface area contributed by atoms with Crippen molar-refractivity contribution in [2.75, 3.05) is 0 Å². The maximum absolute atomic E-state index is 5.43. The zero-order valence-corrected chi connectivity index (χ0v) is 33.2. The molecule has 3 aromatic heterocycles. The van der Waals surface area contributed by atoms with E-state index in [0.29, 0.717) is 5.82 Å². The molecular formula is C57H38N4. The van der Waals surface area contributed by atoms with Gasteiger partial charge >= 0.3 is 0 Å². The van der Waals surface area contributed by atoms with Crippen LogP contribution in [0.25, 0.3) is 106 Å². The molecule has 8 aromatic carbocycles. The molecule has 0 aliphatic heterocycles. The minimum Gasteiger partial charge on any atom is -0.231 e. The van der Waals surface area contributed by atoms with Crippen molar-refractivity contribution in [2.45, 2.75) is 0 Å². The van der Waals surface area contributed by atoms with Gasteiger partial charge in [-0.1, -0.05) is 212 Å². The summed E-state index contributed by atoms with van der Waals surface area (Å²) in [6, 6.07) is 81.0. The summed E-state index contributed by atoms with van der Waals surface area (Å²) in [4.78, 5) is 10.3. The van der Waals surface area contributed by atoms with Crippen molar-refractivity contribution in [3.8, 4) is 89.8 Å². The summed E-state index contributed by atoms with van der Waals surface area (Å²) in [6.45, 7) is 0. The van der Waals surface area contributed by atoms with Crippen LogP contribution in [0.1, 0.15) is 0 Å². The summed E-state index contributed by atoms with van der Waals surface area (Å²) in [5.74, 6) is 0.689. The Morgan fingerprint density at radius 3 is 1.46 bits per heavy atom. The molecule has 0 unspecified atom stereocenters. The van der Waals surface area contributed by atoms with Crippen LogP contribution in [0.4, 0.5) is 0 Å².